The number of hydrogen-bond acceptors (Lipinski definition) is 6. The highest BCUT2D eigenvalue weighted by atomic mass is 32.2. The zero-order valence-electron chi connectivity index (χ0n) is 18.6. The predicted octanol–water partition coefficient (Wildman–Crippen LogP) is 4.67. The summed E-state index contributed by atoms with van der Waals surface area (Å²) >= 11 is 1.25. The van der Waals surface area contributed by atoms with Crippen LogP contribution in [0.5, 0.6) is 0 Å². The minimum atomic E-state index is -0.247. The molecule has 2 aromatic carbocycles. The molecule has 2 aromatic heterocycles. The van der Waals surface area contributed by atoms with Crippen LogP contribution >= 0.6 is 11.8 Å². The molecule has 1 fully saturated rings. The number of aromatic nitrogens is 2. The summed E-state index contributed by atoms with van der Waals surface area (Å²) in [4.78, 5) is 30.8. The number of hydrogen-bond donors (Lipinski definition) is 1. The molecule has 0 radical (unpaired) electrons. The largest absolute Gasteiger partial charge is 0.448 e. The number of para-hydroxylation sites is 1. The summed E-state index contributed by atoms with van der Waals surface area (Å²) in [6.07, 6.45) is 1.82. The van der Waals surface area contributed by atoms with Crippen LogP contribution in [0.15, 0.2) is 56.8 Å². The van der Waals surface area contributed by atoms with Crippen LogP contribution in [0.4, 0.5) is 5.69 Å². The Labute approximate surface area is 195 Å². The number of furan rings is 1. The van der Waals surface area contributed by atoms with Crippen LogP contribution in [0, 0.1) is 13.8 Å². The molecule has 1 unspecified atom stereocenters. The molecule has 33 heavy (non-hydrogen) atoms. The van der Waals surface area contributed by atoms with Crippen LogP contribution in [0.1, 0.15) is 24.0 Å². The van der Waals surface area contributed by atoms with Gasteiger partial charge in [-0.05, 0) is 62.1 Å². The number of nitrogens with one attached hydrogen (secondary N) is 1. The second kappa shape index (κ2) is 9.03. The number of thioether (sulfide) groups is 1. The van der Waals surface area contributed by atoms with Crippen molar-refractivity contribution in [3.63, 3.8) is 0 Å². The predicted molar refractivity (Wildman–Crippen MR) is 130 cm³/mol. The van der Waals surface area contributed by atoms with Gasteiger partial charge in [0.1, 0.15) is 11.1 Å². The summed E-state index contributed by atoms with van der Waals surface area (Å²) in [7, 11) is 0. The average Bonchev–Trinajstić information content (AvgIpc) is 3.45. The van der Waals surface area contributed by atoms with Crippen LogP contribution in [0.3, 0.4) is 0 Å². The molecule has 0 saturated carbocycles. The van der Waals surface area contributed by atoms with Crippen molar-refractivity contribution in [2.24, 2.45) is 0 Å². The lowest BCUT2D eigenvalue weighted by Crippen LogP contribution is -2.29. The van der Waals surface area contributed by atoms with Gasteiger partial charge in [0.2, 0.25) is 11.5 Å². The van der Waals surface area contributed by atoms with Crippen LogP contribution in [-0.2, 0) is 16.1 Å². The van der Waals surface area contributed by atoms with Crippen LogP contribution < -0.4 is 10.9 Å². The number of carbonyl (C=O) groups is 1. The lowest BCUT2D eigenvalue weighted by atomic mass is 10.1. The zero-order chi connectivity index (χ0) is 22.9. The Morgan fingerprint density at radius 3 is 2.85 bits per heavy atom. The topological polar surface area (TPSA) is 86.4 Å². The van der Waals surface area contributed by atoms with Crippen LogP contribution in [-0.4, -0.2) is 33.9 Å². The molecule has 1 aliphatic heterocycles. The van der Waals surface area contributed by atoms with Gasteiger partial charge in [0.25, 0.3) is 5.56 Å². The van der Waals surface area contributed by atoms with E-state index in [9.17, 15) is 9.59 Å². The molecule has 1 atom stereocenters. The van der Waals surface area contributed by atoms with E-state index in [1.54, 1.807) is 4.57 Å². The Morgan fingerprint density at radius 1 is 1.21 bits per heavy atom. The molecule has 8 heteroatoms. The Morgan fingerprint density at radius 2 is 2.06 bits per heavy atom. The molecular weight excluding hydrogens is 438 g/mol. The molecule has 4 aromatic rings. The second-order valence-electron chi connectivity index (χ2n) is 8.36. The second-order valence-corrected chi connectivity index (χ2v) is 9.30. The number of aryl methyl sites for hydroxylation is 2. The Balaban J connectivity index is 1.45. The molecule has 0 aliphatic carbocycles. The minimum Gasteiger partial charge on any atom is -0.448 e. The molecule has 0 bridgehead atoms. The molecule has 1 aliphatic rings. The number of amides is 1. The highest BCUT2D eigenvalue weighted by Gasteiger charge is 2.23. The van der Waals surface area contributed by atoms with E-state index < -0.39 is 0 Å². The monoisotopic (exact) mass is 463 g/mol. The molecular formula is C25H25N3O4S. The first kappa shape index (κ1) is 21.7. The Bertz CT molecular complexity index is 1400. The number of rotatable bonds is 6. The first-order chi connectivity index (χ1) is 16.0. The van der Waals surface area contributed by atoms with Crippen molar-refractivity contribution >= 4 is 45.4 Å². The molecule has 170 valence electrons. The summed E-state index contributed by atoms with van der Waals surface area (Å²) in [6, 6.07) is 13.3. The summed E-state index contributed by atoms with van der Waals surface area (Å²) in [5.41, 5.74) is 4.17. The van der Waals surface area contributed by atoms with Gasteiger partial charge in [-0.3, -0.25) is 14.2 Å². The highest BCUT2D eigenvalue weighted by molar-refractivity contribution is 7.99. The fraction of sp³-hybridized carbons (Fsp3) is 0.320. The summed E-state index contributed by atoms with van der Waals surface area (Å²) in [5, 5.41) is 4.21. The fourth-order valence-electron chi connectivity index (χ4n) is 4.06. The zero-order valence-corrected chi connectivity index (χ0v) is 19.4. The van der Waals surface area contributed by atoms with Gasteiger partial charge in [0.05, 0.1) is 18.4 Å². The molecule has 7 nitrogen and oxygen atoms in total. The van der Waals surface area contributed by atoms with E-state index in [2.05, 4.69) is 5.32 Å². The lowest BCUT2D eigenvalue weighted by Gasteiger charge is -2.15. The average molecular weight is 464 g/mol. The number of benzene rings is 2. The van der Waals surface area contributed by atoms with Crippen molar-refractivity contribution in [2.75, 3.05) is 17.7 Å². The van der Waals surface area contributed by atoms with Crippen molar-refractivity contribution in [3.8, 4) is 0 Å². The summed E-state index contributed by atoms with van der Waals surface area (Å²) in [6.45, 7) is 5.13. The van der Waals surface area contributed by atoms with Crippen molar-refractivity contribution in [1.29, 1.82) is 0 Å². The SMILES string of the molecule is Cc1ccc(NC(=O)CSc2nc3c(oc4ccccc43)c(=O)n2CC2CCCO2)cc1C. The van der Waals surface area contributed by atoms with Crippen molar-refractivity contribution in [2.45, 2.75) is 44.5 Å². The third-order valence-electron chi connectivity index (χ3n) is 5.98. The van der Waals surface area contributed by atoms with Crippen molar-refractivity contribution < 1.29 is 13.9 Å². The lowest BCUT2D eigenvalue weighted by molar-refractivity contribution is -0.113. The minimum absolute atomic E-state index is 0.0463. The van der Waals surface area contributed by atoms with E-state index in [4.69, 9.17) is 14.1 Å². The number of nitrogens with zero attached hydrogens (tertiary/aromatic N) is 2. The van der Waals surface area contributed by atoms with Crippen LogP contribution in [0.2, 0.25) is 0 Å². The standard InChI is InChI=1S/C25H25N3O4S/c1-15-9-10-17(12-16(15)2)26-21(29)14-33-25-27-22-19-7-3-4-8-20(19)32-23(22)24(30)28(25)13-18-6-5-11-31-18/h3-4,7-10,12,18H,5-6,11,13-14H2,1-2H3,(H,26,29). The number of anilines is 1. The quantitative estimate of drug-likeness (QED) is 0.330. The number of fused-ring (bicyclic) bond motifs is 3. The first-order valence-electron chi connectivity index (χ1n) is 11.0. The van der Waals surface area contributed by atoms with Crippen molar-refractivity contribution in [3.05, 3.63) is 63.9 Å². The Hall–Kier alpha value is -3.10. The van der Waals surface area contributed by atoms with Gasteiger partial charge in [-0.25, -0.2) is 4.98 Å². The van der Waals surface area contributed by atoms with Gasteiger partial charge in [0.15, 0.2) is 5.16 Å². The number of ether oxygens (including phenoxy) is 1. The molecule has 1 N–H and O–H groups in total. The van der Waals surface area contributed by atoms with E-state index in [0.29, 0.717) is 29.4 Å². The van der Waals surface area contributed by atoms with Gasteiger partial charge < -0.3 is 14.5 Å². The van der Waals surface area contributed by atoms with Gasteiger partial charge in [-0.15, -0.1) is 0 Å². The fourth-order valence-corrected chi connectivity index (χ4v) is 4.86. The van der Waals surface area contributed by atoms with Crippen molar-refractivity contribution in [1.82, 2.24) is 9.55 Å². The summed E-state index contributed by atoms with van der Waals surface area (Å²) in [5.74, 6) is -0.0232. The van der Waals surface area contributed by atoms with E-state index in [1.807, 2.05) is 56.3 Å². The van der Waals surface area contributed by atoms with E-state index in [1.165, 1.54) is 17.3 Å². The third kappa shape index (κ3) is 4.41. The smallest absolute Gasteiger partial charge is 0.297 e. The first-order valence-corrected chi connectivity index (χ1v) is 12.0. The third-order valence-corrected chi connectivity index (χ3v) is 6.96. The van der Waals surface area contributed by atoms with Gasteiger partial charge in [-0.2, -0.15) is 0 Å². The molecule has 1 saturated heterocycles. The maximum absolute atomic E-state index is 13.4. The van der Waals surface area contributed by atoms with E-state index >= 15 is 0 Å². The Kier molecular flexibility index (Phi) is 5.95. The summed E-state index contributed by atoms with van der Waals surface area (Å²) < 4.78 is 13.2. The highest BCUT2D eigenvalue weighted by Crippen LogP contribution is 2.28. The molecule has 5 rings (SSSR count). The van der Waals surface area contributed by atoms with Crippen LogP contribution in [0.25, 0.3) is 22.1 Å². The molecule has 1 amide bonds. The maximum Gasteiger partial charge on any atom is 0.297 e. The number of carbonyl (C=O) groups excluding carboxylic acids is 1. The molecule has 3 heterocycles. The van der Waals surface area contributed by atoms with Gasteiger partial charge in [-0.1, -0.05) is 30.0 Å². The van der Waals surface area contributed by atoms with Gasteiger partial charge >= 0.3 is 0 Å². The molecule has 0 spiro atoms. The van der Waals surface area contributed by atoms with E-state index in [0.717, 1.165) is 29.5 Å². The van der Waals surface area contributed by atoms with E-state index in [-0.39, 0.29) is 28.9 Å². The normalized spacial score (nSPS) is 16.0. The maximum atomic E-state index is 13.4. The van der Waals surface area contributed by atoms with Gasteiger partial charge in [0, 0.05) is 17.7 Å².